The number of hydrogen-bond donors (Lipinski definition) is 1. The van der Waals surface area contributed by atoms with Gasteiger partial charge in [0.15, 0.2) is 0 Å². The Labute approximate surface area is 89.5 Å². The van der Waals surface area contributed by atoms with E-state index >= 15 is 0 Å². The van der Waals surface area contributed by atoms with Crippen LogP contribution < -0.4 is 5.73 Å². The van der Waals surface area contributed by atoms with Crippen molar-refractivity contribution < 1.29 is 0 Å². The third-order valence-corrected chi connectivity index (χ3v) is 3.93. The van der Waals surface area contributed by atoms with E-state index in [2.05, 4.69) is 13.8 Å². The normalized spacial score (nSPS) is 21.6. The molecule has 1 fully saturated rings. The second-order valence-electron chi connectivity index (χ2n) is 5.36. The van der Waals surface area contributed by atoms with Gasteiger partial charge in [-0.25, -0.2) is 0 Å². The number of nitrogens with two attached hydrogens (primary N) is 1. The summed E-state index contributed by atoms with van der Waals surface area (Å²) in [6.45, 7) is 5.61. The van der Waals surface area contributed by atoms with Crippen LogP contribution in [0.2, 0.25) is 0 Å². The molecule has 0 amide bonds. The van der Waals surface area contributed by atoms with E-state index in [1.54, 1.807) is 0 Å². The summed E-state index contributed by atoms with van der Waals surface area (Å²) < 4.78 is 0. The van der Waals surface area contributed by atoms with Crippen molar-refractivity contribution in [1.82, 2.24) is 0 Å². The van der Waals surface area contributed by atoms with Crippen molar-refractivity contribution in [3.8, 4) is 0 Å². The van der Waals surface area contributed by atoms with Gasteiger partial charge in [-0.2, -0.15) is 0 Å². The Hall–Kier alpha value is -0.0400. The fourth-order valence-corrected chi connectivity index (χ4v) is 2.75. The monoisotopic (exact) mass is 197 g/mol. The van der Waals surface area contributed by atoms with Crippen LogP contribution in [0.4, 0.5) is 0 Å². The molecule has 84 valence electrons. The van der Waals surface area contributed by atoms with Crippen molar-refractivity contribution in [1.29, 1.82) is 0 Å². The van der Waals surface area contributed by atoms with Crippen LogP contribution in [0.5, 0.6) is 0 Å². The van der Waals surface area contributed by atoms with E-state index < -0.39 is 0 Å². The van der Waals surface area contributed by atoms with Gasteiger partial charge in [0.25, 0.3) is 0 Å². The van der Waals surface area contributed by atoms with Crippen molar-refractivity contribution in [2.75, 3.05) is 6.54 Å². The molecule has 2 N–H and O–H groups in total. The van der Waals surface area contributed by atoms with E-state index in [4.69, 9.17) is 5.73 Å². The Morgan fingerprint density at radius 1 is 1.29 bits per heavy atom. The maximum Gasteiger partial charge on any atom is -0.00204 e. The Morgan fingerprint density at radius 3 is 2.43 bits per heavy atom. The van der Waals surface area contributed by atoms with Crippen LogP contribution in [0, 0.1) is 11.3 Å². The van der Waals surface area contributed by atoms with Gasteiger partial charge >= 0.3 is 0 Å². The molecule has 0 aliphatic heterocycles. The number of hydrogen-bond acceptors (Lipinski definition) is 1. The Morgan fingerprint density at radius 2 is 2.00 bits per heavy atom. The minimum atomic E-state index is 0.561. The van der Waals surface area contributed by atoms with E-state index in [0.29, 0.717) is 5.41 Å². The van der Waals surface area contributed by atoms with Gasteiger partial charge in [-0.3, -0.25) is 0 Å². The predicted octanol–water partition coefficient (Wildman–Crippen LogP) is 3.72. The van der Waals surface area contributed by atoms with Gasteiger partial charge in [0.05, 0.1) is 0 Å². The molecule has 0 heterocycles. The third kappa shape index (κ3) is 3.27. The van der Waals surface area contributed by atoms with Gasteiger partial charge in [-0.15, -0.1) is 0 Å². The Kier molecular flexibility index (Phi) is 4.94. The second kappa shape index (κ2) is 5.75. The average molecular weight is 197 g/mol. The summed E-state index contributed by atoms with van der Waals surface area (Å²) in [7, 11) is 0. The van der Waals surface area contributed by atoms with Gasteiger partial charge < -0.3 is 5.73 Å². The molecule has 14 heavy (non-hydrogen) atoms. The zero-order valence-electron chi connectivity index (χ0n) is 10.0. The van der Waals surface area contributed by atoms with Crippen LogP contribution >= 0.6 is 0 Å². The standard InChI is InChI=1S/C13H27N/c1-3-4-5-7-12(2)10-13(11-14)8-6-9-13/h12H,3-11,14H2,1-2H3. The molecular formula is C13H27N. The first-order valence-electron chi connectivity index (χ1n) is 6.42. The molecule has 1 saturated carbocycles. The molecule has 1 rings (SSSR count). The average Bonchev–Trinajstić information content (AvgIpc) is 2.12. The first-order valence-corrected chi connectivity index (χ1v) is 6.42. The highest BCUT2D eigenvalue weighted by atomic mass is 14.6. The molecule has 0 saturated heterocycles. The summed E-state index contributed by atoms with van der Waals surface area (Å²) >= 11 is 0. The first kappa shape index (κ1) is 12.0. The molecule has 1 unspecified atom stereocenters. The maximum absolute atomic E-state index is 5.87. The lowest BCUT2D eigenvalue weighted by Crippen LogP contribution is -2.38. The molecular weight excluding hydrogens is 170 g/mol. The molecule has 1 heteroatoms. The van der Waals surface area contributed by atoms with Gasteiger partial charge in [-0.1, -0.05) is 46.0 Å². The molecule has 0 bridgehead atoms. The van der Waals surface area contributed by atoms with E-state index in [1.165, 1.54) is 51.4 Å². The summed E-state index contributed by atoms with van der Waals surface area (Å²) in [5.41, 5.74) is 6.43. The topological polar surface area (TPSA) is 26.0 Å². The fourth-order valence-electron chi connectivity index (χ4n) is 2.75. The van der Waals surface area contributed by atoms with E-state index in [1.807, 2.05) is 0 Å². The molecule has 1 aliphatic carbocycles. The molecule has 1 aliphatic rings. The predicted molar refractivity (Wildman–Crippen MR) is 63.3 cm³/mol. The van der Waals surface area contributed by atoms with E-state index in [9.17, 15) is 0 Å². The van der Waals surface area contributed by atoms with Gasteiger partial charge in [0.1, 0.15) is 0 Å². The molecule has 0 aromatic rings. The first-order chi connectivity index (χ1) is 6.72. The third-order valence-electron chi connectivity index (χ3n) is 3.93. The van der Waals surface area contributed by atoms with Crippen LogP contribution in [-0.4, -0.2) is 6.54 Å². The summed E-state index contributed by atoms with van der Waals surface area (Å²) in [5, 5.41) is 0. The van der Waals surface area contributed by atoms with Gasteiger partial charge in [0, 0.05) is 0 Å². The number of rotatable bonds is 7. The highest BCUT2D eigenvalue weighted by Crippen LogP contribution is 2.45. The lowest BCUT2D eigenvalue weighted by molar-refractivity contribution is 0.104. The van der Waals surface area contributed by atoms with Crippen LogP contribution in [0.1, 0.15) is 65.2 Å². The van der Waals surface area contributed by atoms with Crippen molar-refractivity contribution in [2.24, 2.45) is 17.1 Å². The van der Waals surface area contributed by atoms with Gasteiger partial charge in [0.2, 0.25) is 0 Å². The second-order valence-corrected chi connectivity index (χ2v) is 5.36. The molecule has 0 aromatic carbocycles. The van der Waals surface area contributed by atoms with Crippen molar-refractivity contribution in [3.05, 3.63) is 0 Å². The maximum atomic E-state index is 5.87. The molecule has 0 radical (unpaired) electrons. The zero-order valence-corrected chi connectivity index (χ0v) is 10.0. The van der Waals surface area contributed by atoms with Crippen LogP contribution in [0.3, 0.4) is 0 Å². The van der Waals surface area contributed by atoms with Crippen LogP contribution in [0.15, 0.2) is 0 Å². The van der Waals surface area contributed by atoms with Crippen LogP contribution in [0.25, 0.3) is 0 Å². The molecule has 0 aromatic heterocycles. The SMILES string of the molecule is CCCCCC(C)CC1(CN)CCC1. The minimum Gasteiger partial charge on any atom is -0.330 e. The highest BCUT2D eigenvalue weighted by Gasteiger charge is 2.36. The lowest BCUT2D eigenvalue weighted by atomic mass is 9.64. The fraction of sp³-hybridized carbons (Fsp3) is 1.00. The van der Waals surface area contributed by atoms with E-state index in [0.717, 1.165) is 12.5 Å². The van der Waals surface area contributed by atoms with Crippen molar-refractivity contribution >= 4 is 0 Å². The van der Waals surface area contributed by atoms with E-state index in [-0.39, 0.29) is 0 Å². The quantitative estimate of drug-likeness (QED) is 0.618. The summed E-state index contributed by atoms with van der Waals surface area (Å²) in [5.74, 6) is 0.894. The molecule has 0 spiro atoms. The summed E-state index contributed by atoms with van der Waals surface area (Å²) in [6, 6.07) is 0. The molecule has 1 atom stereocenters. The van der Waals surface area contributed by atoms with Crippen molar-refractivity contribution in [3.63, 3.8) is 0 Å². The van der Waals surface area contributed by atoms with Crippen molar-refractivity contribution in [2.45, 2.75) is 65.2 Å². The summed E-state index contributed by atoms with van der Waals surface area (Å²) in [6.07, 6.45) is 11.2. The Bertz CT molecular complexity index is 144. The summed E-state index contributed by atoms with van der Waals surface area (Å²) in [4.78, 5) is 0. The Balaban J connectivity index is 2.15. The molecule has 1 nitrogen and oxygen atoms in total. The largest absolute Gasteiger partial charge is 0.330 e. The van der Waals surface area contributed by atoms with Gasteiger partial charge in [-0.05, 0) is 37.1 Å². The number of unbranched alkanes of at least 4 members (excludes halogenated alkanes) is 2. The highest BCUT2D eigenvalue weighted by molar-refractivity contribution is 4.89. The minimum absolute atomic E-state index is 0.561. The lowest BCUT2D eigenvalue weighted by Gasteiger charge is -2.43. The smallest absolute Gasteiger partial charge is 0.00204 e. The zero-order chi connectivity index (χ0) is 10.4. The van der Waals surface area contributed by atoms with Crippen LogP contribution in [-0.2, 0) is 0 Å².